The van der Waals surface area contributed by atoms with Gasteiger partial charge in [0.1, 0.15) is 0 Å². The van der Waals surface area contributed by atoms with Crippen LogP contribution in [-0.4, -0.2) is 16.9 Å². The molecule has 1 rings (SSSR count). The van der Waals surface area contributed by atoms with E-state index in [1.54, 1.807) is 0 Å². The standard InChI is InChI=1S/C10H6Cl2O3/c11-6-1-2-7(8(12)5-6)9(13)3-4-10(14)15/h1-5H,(H,14,15). The van der Waals surface area contributed by atoms with Gasteiger partial charge in [0.2, 0.25) is 0 Å². The predicted octanol–water partition coefficient (Wildman–Crippen LogP) is 2.82. The zero-order chi connectivity index (χ0) is 11.4. The number of carboxylic acid groups (broad SMARTS) is 1. The molecule has 0 aromatic heterocycles. The fraction of sp³-hybridized carbons (Fsp3) is 0. The molecule has 0 atom stereocenters. The smallest absolute Gasteiger partial charge is 0.328 e. The Kier molecular flexibility index (Phi) is 3.88. The first-order valence-electron chi connectivity index (χ1n) is 3.91. The highest BCUT2D eigenvalue weighted by Gasteiger charge is 2.07. The highest BCUT2D eigenvalue weighted by atomic mass is 35.5. The molecule has 0 radical (unpaired) electrons. The van der Waals surface area contributed by atoms with E-state index in [1.807, 2.05) is 0 Å². The maximum Gasteiger partial charge on any atom is 0.328 e. The van der Waals surface area contributed by atoms with E-state index in [9.17, 15) is 9.59 Å². The van der Waals surface area contributed by atoms with Crippen LogP contribution in [0.1, 0.15) is 10.4 Å². The van der Waals surface area contributed by atoms with Gasteiger partial charge in [-0.1, -0.05) is 23.2 Å². The molecule has 0 spiro atoms. The molecule has 5 heteroatoms. The van der Waals surface area contributed by atoms with Crippen LogP contribution in [0, 0.1) is 0 Å². The third-order valence-corrected chi connectivity index (χ3v) is 2.12. The third-order valence-electron chi connectivity index (χ3n) is 1.57. The molecule has 0 heterocycles. The number of benzene rings is 1. The molecule has 0 saturated heterocycles. The Bertz CT molecular complexity index is 438. The topological polar surface area (TPSA) is 54.4 Å². The summed E-state index contributed by atoms with van der Waals surface area (Å²) in [7, 11) is 0. The van der Waals surface area contributed by atoms with Crippen LogP contribution in [0.15, 0.2) is 30.4 Å². The van der Waals surface area contributed by atoms with Crippen LogP contribution in [0.25, 0.3) is 0 Å². The summed E-state index contributed by atoms with van der Waals surface area (Å²) in [5.74, 6) is -1.66. The lowest BCUT2D eigenvalue weighted by molar-refractivity contribution is -0.131. The number of aliphatic carboxylic acids is 1. The second kappa shape index (κ2) is 4.96. The second-order valence-corrected chi connectivity index (χ2v) is 3.50. The number of carbonyl (C=O) groups is 2. The van der Waals surface area contributed by atoms with Crippen LogP contribution in [0.4, 0.5) is 0 Å². The molecule has 3 nitrogen and oxygen atoms in total. The number of hydrogen-bond donors (Lipinski definition) is 1. The largest absolute Gasteiger partial charge is 0.478 e. The quantitative estimate of drug-likeness (QED) is 0.658. The van der Waals surface area contributed by atoms with E-state index >= 15 is 0 Å². The molecule has 0 fully saturated rings. The van der Waals surface area contributed by atoms with E-state index in [0.717, 1.165) is 12.2 Å². The third kappa shape index (κ3) is 3.38. The minimum atomic E-state index is -1.19. The van der Waals surface area contributed by atoms with Gasteiger partial charge in [-0.3, -0.25) is 4.79 Å². The fourth-order valence-electron chi connectivity index (χ4n) is 0.926. The van der Waals surface area contributed by atoms with Crippen LogP contribution in [0.5, 0.6) is 0 Å². The first-order chi connectivity index (χ1) is 7.00. The fourth-order valence-corrected chi connectivity index (χ4v) is 1.43. The molecular weight excluding hydrogens is 239 g/mol. The van der Waals surface area contributed by atoms with Gasteiger partial charge in [-0.2, -0.15) is 0 Å². The SMILES string of the molecule is O=C(O)C=CC(=O)c1ccc(Cl)cc1Cl. The second-order valence-electron chi connectivity index (χ2n) is 2.66. The molecular formula is C10H6Cl2O3. The molecule has 1 N–H and O–H groups in total. The normalized spacial score (nSPS) is 10.5. The number of halogens is 2. The maximum absolute atomic E-state index is 11.4. The van der Waals surface area contributed by atoms with Crippen molar-refractivity contribution in [3.8, 4) is 0 Å². The summed E-state index contributed by atoms with van der Waals surface area (Å²) in [5.41, 5.74) is 0.221. The van der Waals surface area contributed by atoms with Gasteiger partial charge in [-0.05, 0) is 24.3 Å². The first kappa shape index (κ1) is 11.8. The van der Waals surface area contributed by atoms with E-state index in [0.29, 0.717) is 5.02 Å². The molecule has 1 aromatic carbocycles. The van der Waals surface area contributed by atoms with Gasteiger partial charge < -0.3 is 5.11 Å². The van der Waals surface area contributed by atoms with E-state index in [1.165, 1.54) is 18.2 Å². The van der Waals surface area contributed by atoms with Crippen LogP contribution in [0.3, 0.4) is 0 Å². The van der Waals surface area contributed by atoms with Crippen molar-refractivity contribution in [3.63, 3.8) is 0 Å². The van der Waals surface area contributed by atoms with Gasteiger partial charge in [0.15, 0.2) is 5.78 Å². The summed E-state index contributed by atoms with van der Waals surface area (Å²) in [6, 6.07) is 4.37. The first-order valence-corrected chi connectivity index (χ1v) is 4.66. The Hall–Kier alpha value is -1.32. The van der Waals surface area contributed by atoms with E-state index in [4.69, 9.17) is 28.3 Å². The molecule has 0 saturated carbocycles. The summed E-state index contributed by atoms with van der Waals surface area (Å²) in [5, 5.41) is 8.94. The van der Waals surface area contributed by atoms with Gasteiger partial charge in [0.05, 0.1) is 5.02 Å². The highest BCUT2D eigenvalue weighted by Crippen LogP contribution is 2.21. The van der Waals surface area contributed by atoms with Crippen molar-refractivity contribution in [1.82, 2.24) is 0 Å². The zero-order valence-electron chi connectivity index (χ0n) is 7.41. The van der Waals surface area contributed by atoms with Gasteiger partial charge in [0, 0.05) is 16.7 Å². The van der Waals surface area contributed by atoms with Crippen molar-refractivity contribution in [2.75, 3.05) is 0 Å². The number of carbonyl (C=O) groups excluding carboxylic acids is 1. The van der Waals surface area contributed by atoms with Crippen LogP contribution < -0.4 is 0 Å². The minimum absolute atomic E-state index is 0.197. The summed E-state index contributed by atoms with van der Waals surface area (Å²) < 4.78 is 0. The summed E-state index contributed by atoms with van der Waals surface area (Å²) in [6.45, 7) is 0. The summed E-state index contributed by atoms with van der Waals surface area (Å²) in [6.07, 6.45) is 1.70. The minimum Gasteiger partial charge on any atom is -0.478 e. The number of allylic oxidation sites excluding steroid dienone is 1. The number of rotatable bonds is 3. The molecule has 0 aliphatic carbocycles. The molecule has 0 bridgehead atoms. The van der Waals surface area contributed by atoms with Crippen molar-refractivity contribution >= 4 is 35.0 Å². The maximum atomic E-state index is 11.4. The Balaban J connectivity index is 2.97. The van der Waals surface area contributed by atoms with Crippen molar-refractivity contribution in [2.45, 2.75) is 0 Å². The van der Waals surface area contributed by atoms with Crippen LogP contribution >= 0.6 is 23.2 Å². The lowest BCUT2D eigenvalue weighted by Crippen LogP contribution is -1.97. The number of carboxylic acids is 1. The predicted molar refractivity (Wildman–Crippen MR) is 57.6 cm³/mol. The Morgan fingerprint density at radius 2 is 1.87 bits per heavy atom. The van der Waals surface area contributed by atoms with Crippen molar-refractivity contribution in [1.29, 1.82) is 0 Å². The van der Waals surface area contributed by atoms with Crippen molar-refractivity contribution in [3.05, 3.63) is 46.0 Å². The zero-order valence-corrected chi connectivity index (χ0v) is 8.92. The molecule has 0 amide bonds. The molecule has 0 aliphatic rings. The monoisotopic (exact) mass is 244 g/mol. The van der Waals surface area contributed by atoms with Gasteiger partial charge in [0.25, 0.3) is 0 Å². The molecule has 15 heavy (non-hydrogen) atoms. The molecule has 0 unspecified atom stereocenters. The van der Waals surface area contributed by atoms with E-state index in [-0.39, 0.29) is 10.6 Å². The van der Waals surface area contributed by atoms with Gasteiger partial charge >= 0.3 is 5.97 Å². The van der Waals surface area contributed by atoms with E-state index < -0.39 is 11.8 Å². The number of ketones is 1. The Morgan fingerprint density at radius 1 is 1.20 bits per heavy atom. The lowest BCUT2D eigenvalue weighted by atomic mass is 10.1. The summed E-state index contributed by atoms with van der Waals surface area (Å²) >= 11 is 11.4. The average Bonchev–Trinajstić information content (AvgIpc) is 2.14. The number of hydrogen-bond acceptors (Lipinski definition) is 2. The van der Waals surface area contributed by atoms with E-state index in [2.05, 4.69) is 0 Å². The molecule has 78 valence electrons. The van der Waals surface area contributed by atoms with Gasteiger partial charge in [-0.15, -0.1) is 0 Å². The Morgan fingerprint density at radius 3 is 2.40 bits per heavy atom. The molecule has 1 aromatic rings. The highest BCUT2D eigenvalue weighted by molar-refractivity contribution is 6.37. The Labute approximate surface area is 95.9 Å². The van der Waals surface area contributed by atoms with Crippen LogP contribution in [0.2, 0.25) is 10.0 Å². The van der Waals surface area contributed by atoms with Crippen molar-refractivity contribution in [2.24, 2.45) is 0 Å². The summed E-state index contributed by atoms with van der Waals surface area (Å²) in [4.78, 5) is 21.6. The average molecular weight is 245 g/mol. The van der Waals surface area contributed by atoms with Gasteiger partial charge in [-0.25, -0.2) is 4.79 Å². The lowest BCUT2D eigenvalue weighted by Gasteiger charge is -1.99. The van der Waals surface area contributed by atoms with Crippen LogP contribution in [-0.2, 0) is 4.79 Å². The molecule has 0 aliphatic heterocycles. The van der Waals surface area contributed by atoms with Crippen molar-refractivity contribution < 1.29 is 14.7 Å².